The van der Waals surface area contributed by atoms with Crippen LogP contribution in [-0.4, -0.2) is 32.9 Å². The standard InChI is InChI=1S/C14H20N4O/c1-10-7-13-14(15-5-6-18(13)17-10)16-8-11-3-2-4-12(11)9-19/h5-7,11-12,19H,2-4,8-9H2,1H3,(H,15,16). The van der Waals surface area contributed by atoms with E-state index in [-0.39, 0.29) is 0 Å². The Labute approximate surface area is 112 Å². The molecule has 2 aromatic heterocycles. The molecule has 0 aliphatic heterocycles. The van der Waals surface area contributed by atoms with Crippen LogP contribution in [-0.2, 0) is 0 Å². The molecule has 3 rings (SSSR count). The van der Waals surface area contributed by atoms with Gasteiger partial charge in [-0.2, -0.15) is 5.10 Å². The molecule has 1 saturated carbocycles. The van der Waals surface area contributed by atoms with Crippen LogP contribution in [0.3, 0.4) is 0 Å². The van der Waals surface area contributed by atoms with Crippen molar-refractivity contribution in [2.75, 3.05) is 18.5 Å². The van der Waals surface area contributed by atoms with Crippen molar-refractivity contribution in [2.45, 2.75) is 26.2 Å². The summed E-state index contributed by atoms with van der Waals surface area (Å²) in [4.78, 5) is 4.40. The van der Waals surface area contributed by atoms with Crippen LogP contribution in [0.25, 0.3) is 5.52 Å². The van der Waals surface area contributed by atoms with Gasteiger partial charge in [-0.1, -0.05) is 6.42 Å². The third-order valence-electron chi connectivity index (χ3n) is 4.09. The van der Waals surface area contributed by atoms with Crippen LogP contribution >= 0.6 is 0 Å². The number of nitrogens with one attached hydrogen (secondary N) is 1. The summed E-state index contributed by atoms with van der Waals surface area (Å²) in [6.45, 7) is 3.16. The Hall–Kier alpha value is -1.62. The quantitative estimate of drug-likeness (QED) is 0.880. The van der Waals surface area contributed by atoms with Crippen molar-refractivity contribution in [1.29, 1.82) is 0 Å². The Kier molecular flexibility index (Phi) is 3.38. The Morgan fingerprint density at radius 1 is 1.42 bits per heavy atom. The van der Waals surface area contributed by atoms with Gasteiger partial charge in [0.05, 0.1) is 5.69 Å². The fourth-order valence-corrected chi connectivity index (χ4v) is 3.03. The van der Waals surface area contributed by atoms with Gasteiger partial charge in [-0.25, -0.2) is 9.50 Å². The van der Waals surface area contributed by atoms with Gasteiger partial charge in [-0.05, 0) is 37.7 Å². The zero-order chi connectivity index (χ0) is 13.2. The van der Waals surface area contributed by atoms with Gasteiger partial charge in [0, 0.05) is 25.5 Å². The maximum absolute atomic E-state index is 9.35. The number of nitrogens with zero attached hydrogens (tertiary/aromatic N) is 3. The SMILES string of the molecule is Cc1cc2c(NCC3CCCC3CO)nccn2n1. The fraction of sp³-hybridized carbons (Fsp3) is 0.571. The molecule has 1 aliphatic rings. The van der Waals surface area contributed by atoms with Crippen molar-refractivity contribution in [3.05, 3.63) is 24.2 Å². The molecule has 5 heteroatoms. The van der Waals surface area contributed by atoms with Crippen molar-refractivity contribution in [2.24, 2.45) is 11.8 Å². The minimum atomic E-state index is 0.301. The first-order valence-electron chi connectivity index (χ1n) is 6.93. The summed E-state index contributed by atoms with van der Waals surface area (Å²) < 4.78 is 1.85. The first-order valence-corrected chi connectivity index (χ1v) is 6.93. The molecular weight excluding hydrogens is 240 g/mol. The third kappa shape index (κ3) is 2.42. The monoisotopic (exact) mass is 260 g/mol. The van der Waals surface area contributed by atoms with Gasteiger partial charge in [-0.15, -0.1) is 0 Å². The number of aliphatic hydroxyl groups excluding tert-OH is 1. The molecule has 2 atom stereocenters. The summed E-state index contributed by atoms with van der Waals surface area (Å²) in [5.41, 5.74) is 2.00. The van der Waals surface area contributed by atoms with Gasteiger partial charge in [0.1, 0.15) is 5.52 Å². The Bertz CT molecular complexity index is 566. The number of hydrogen-bond donors (Lipinski definition) is 2. The van der Waals surface area contributed by atoms with Crippen molar-refractivity contribution in [3.8, 4) is 0 Å². The summed E-state index contributed by atoms with van der Waals surface area (Å²) in [5.74, 6) is 1.88. The number of aliphatic hydroxyl groups is 1. The molecular formula is C14H20N4O. The molecule has 0 amide bonds. The second-order valence-corrected chi connectivity index (χ2v) is 5.41. The molecule has 102 valence electrons. The number of hydrogen-bond acceptors (Lipinski definition) is 4. The van der Waals surface area contributed by atoms with Crippen LogP contribution in [0.5, 0.6) is 0 Å². The number of fused-ring (bicyclic) bond motifs is 1. The van der Waals surface area contributed by atoms with Crippen LogP contribution < -0.4 is 5.32 Å². The maximum atomic E-state index is 9.35. The van der Waals surface area contributed by atoms with E-state index in [2.05, 4.69) is 15.4 Å². The minimum absolute atomic E-state index is 0.301. The van der Waals surface area contributed by atoms with E-state index in [1.54, 1.807) is 6.20 Å². The molecule has 2 heterocycles. The summed E-state index contributed by atoms with van der Waals surface area (Å²) in [6, 6.07) is 2.04. The van der Waals surface area contributed by atoms with Crippen molar-refractivity contribution in [3.63, 3.8) is 0 Å². The Balaban J connectivity index is 1.74. The molecule has 19 heavy (non-hydrogen) atoms. The van der Waals surface area contributed by atoms with Crippen LogP contribution in [0.15, 0.2) is 18.5 Å². The van der Waals surface area contributed by atoms with E-state index in [0.29, 0.717) is 18.4 Å². The molecule has 0 bridgehead atoms. The third-order valence-corrected chi connectivity index (χ3v) is 4.09. The number of anilines is 1. The topological polar surface area (TPSA) is 62.5 Å². The average Bonchev–Trinajstić information content (AvgIpc) is 3.00. The molecule has 0 radical (unpaired) electrons. The predicted molar refractivity (Wildman–Crippen MR) is 74.1 cm³/mol. The van der Waals surface area contributed by atoms with Crippen molar-refractivity contribution < 1.29 is 5.11 Å². The van der Waals surface area contributed by atoms with E-state index in [9.17, 15) is 5.11 Å². The second-order valence-electron chi connectivity index (χ2n) is 5.41. The van der Waals surface area contributed by atoms with Gasteiger partial charge in [-0.3, -0.25) is 0 Å². The smallest absolute Gasteiger partial charge is 0.152 e. The van der Waals surface area contributed by atoms with Crippen LogP contribution in [0, 0.1) is 18.8 Å². The van der Waals surface area contributed by atoms with Gasteiger partial charge >= 0.3 is 0 Å². The highest BCUT2D eigenvalue weighted by molar-refractivity contribution is 5.67. The largest absolute Gasteiger partial charge is 0.396 e. The van der Waals surface area contributed by atoms with E-state index in [4.69, 9.17) is 0 Å². The Morgan fingerprint density at radius 2 is 2.26 bits per heavy atom. The van der Waals surface area contributed by atoms with Gasteiger partial charge < -0.3 is 10.4 Å². The number of rotatable bonds is 4. The first kappa shape index (κ1) is 12.4. The lowest BCUT2D eigenvalue weighted by atomic mass is 9.97. The summed E-state index contributed by atoms with van der Waals surface area (Å²) in [7, 11) is 0. The van der Waals surface area contributed by atoms with Crippen LogP contribution in [0.1, 0.15) is 25.0 Å². The second kappa shape index (κ2) is 5.17. The van der Waals surface area contributed by atoms with E-state index in [1.807, 2.05) is 23.7 Å². The van der Waals surface area contributed by atoms with E-state index in [0.717, 1.165) is 30.0 Å². The number of aromatic nitrogens is 3. The normalized spacial score (nSPS) is 23.1. The predicted octanol–water partition coefficient (Wildman–Crippen LogP) is 1.86. The van der Waals surface area contributed by atoms with Gasteiger partial charge in [0.2, 0.25) is 0 Å². The molecule has 2 aromatic rings. The lowest BCUT2D eigenvalue weighted by Crippen LogP contribution is -2.21. The maximum Gasteiger partial charge on any atom is 0.152 e. The van der Waals surface area contributed by atoms with Crippen LogP contribution in [0.2, 0.25) is 0 Å². The van der Waals surface area contributed by atoms with Crippen LogP contribution in [0.4, 0.5) is 5.82 Å². The highest BCUT2D eigenvalue weighted by Crippen LogP contribution is 2.31. The van der Waals surface area contributed by atoms with Gasteiger partial charge in [0.25, 0.3) is 0 Å². The average molecular weight is 260 g/mol. The summed E-state index contributed by atoms with van der Waals surface area (Å²) in [5, 5.41) is 17.2. The highest BCUT2D eigenvalue weighted by Gasteiger charge is 2.26. The van der Waals surface area contributed by atoms with E-state index < -0.39 is 0 Å². The Morgan fingerprint density at radius 3 is 3.11 bits per heavy atom. The summed E-state index contributed by atoms with van der Waals surface area (Å²) in [6.07, 6.45) is 7.19. The number of aryl methyl sites for hydroxylation is 1. The molecule has 1 fully saturated rings. The summed E-state index contributed by atoms with van der Waals surface area (Å²) >= 11 is 0. The molecule has 1 aliphatic carbocycles. The highest BCUT2D eigenvalue weighted by atomic mass is 16.3. The minimum Gasteiger partial charge on any atom is -0.396 e. The molecule has 0 saturated heterocycles. The fourth-order valence-electron chi connectivity index (χ4n) is 3.03. The zero-order valence-electron chi connectivity index (χ0n) is 11.2. The zero-order valence-corrected chi connectivity index (χ0v) is 11.2. The van der Waals surface area contributed by atoms with E-state index in [1.165, 1.54) is 12.8 Å². The van der Waals surface area contributed by atoms with E-state index >= 15 is 0 Å². The first-order chi connectivity index (χ1) is 9.28. The molecule has 2 N–H and O–H groups in total. The molecule has 2 unspecified atom stereocenters. The van der Waals surface area contributed by atoms with Crippen molar-refractivity contribution >= 4 is 11.3 Å². The molecule has 0 aromatic carbocycles. The van der Waals surface area contributed by atoms with Crippen molar-refractivity contribution in [1.82, 2.24) is 14.6 Å². The molecule has 0 spiro atoms. The lowest BCUT2D eigenvalue weighted by Gasteiger charge is -2.18. The molecule has 5 nitrogen and oxygen atoms in total. The lowest BCUT2D eigenvalue weighted by molar-refractivity contribution is 0.199. The van der Waals surface area contributed by atoms with Gasteiger partial charge in [0.15, 0.2) is 5.82 Å².